The molecule has 1 rings (SSSR count). The minimum Gasteiger partial charge on any atom is -0.389 e. The summed E-state index contributed by atoms with van der Waals surface area (Å²) in [5, 5.41) is 17.4. The summed E-state index contributed by atoms with van der Waals surface area (Å²) in [7, 11) is 0. The molecular weight excluding hydrogens is 240 g/mol. The molecule has 1 saturated heterocycles. The SMILES string of the molecule is CC(C)(O)CN1CCN(CCC(C)(C)C(=N)N)CC1. The maximum absolute atomic E-state index is 9.81. The number of nitrogens with zero attached hydrogens (tertiary/aromatic N) is 2. The summed E-state index contributed by atoms with van der Waals surface area (Å²) in [6.07, 6.45) is 0.924. The Balaban J connectivity index is 2.29. The number of amidine groups is 1. The fourth-order valence-corrected chi connectivity index (χ4v) is 2.29. The molecule has 0 bridgehead atoms. The van der Waals surface area contributed by atoms with Crippen LogP contribution >= 0.6 is 0 Å². The van der Waals surface area contributed by atoms with Crippen LogP contribution in [0.1, 0.15) is 34.1 Å². The fourth-order valence-electron chi connectivity index (χ4n) is 2.29. The number of aliphatic hydroxyl groups is 1. The van der Waals surface area contributed by atoms with E-state index >= 15 is 0 Å². The van der Waals surface area contributed by atoms with Crippen molar-refractivity contribution in [2.75, 3.05) is 39.3 Å². The molecular formula is C14H30N4O. The van der Waals surface area contributed by atoms with Crippen LogP contribution in [0, 0.1) is 10.8 Å². The summed E-state index contributed by atoms with van der Waals surface area (Å²) in [4.78, 5) is 4.73. The van der Waals surface area contributed by atoms with E-state index in [-0.39, 0.29) is 11.3 Å². The molecule has 0 atom stereocenters. The lowest BCUT2D eigenvalue weighted by molar-refractivity contribution is 0.0170. The predicted molar refractivity (Wildman–Crippen MR) is 79.5 cm³/mol. The second-order valence-corrected chi connectivity index (χ2v) is 6.98. The maximum atomic E-state index is 9.81. The van der Waals surface area contributed by atoms with Crippen LogP contribution in [0.2, 0.25) is 0 Å². The molecule has 0 aromatic carbocycles. The van der Waals surface area contributed by atoms with Gasteiger partial charge >= 0.3 is 0 Å². The van der Waals surface area contributed by atoms with Crippen molar-refractivity contribution in [2.24, 2.45) is 11.1 Å². The summed E-state index contributed by atoms with van der Waals surface area (Å²) in [6, 6.07) is 0. The van der Waals surface area contributed by atoms with Gasteiger partial charge in [-0.1, -0.05) is 13.8 Å². The zero-order chi connectivity index (χ0) is 14.7. The predicted octanol–water partition coefficient (Wildman–Crippen LogP) is 0.727. The highest BCUT2D eigenvalue weighted by Crippen LogP contribution is 2.20. The first-order chi connectivity index (χ1) is 8.60. The lowest BCUT2D eigenvalue weighted by atomic mass is 9.88. The van der Waals surface area contributed by atoms with Gasteiger partial charge < -0.3 is 15.7 Å². The highest BCUT2D eigenvalue weighted by Gasteiger charge is 2.25. The molecule has 0 aromatic rings. The van der Waals surface area contributed by atoms with Crippen molar-refractivity contribution in [3.8, 4) is 0 Å². The third kappa shape index (κ3) is 5.89. The van der Waals surface area contributed by atoms with Crippen LogP contribution in [0.3, 0.4) is 0 Å². The second kappa shape index (κ2) is 6.20. The summed E-state index contributed by atoms with van der Waals surface area (Å²) in [5.74, 6) is 0.271. The van der Waals surface area contributed by atoms with Gasteiger partial charge in [-0.3, -0.25) is 10.3 Å². The van der Waals surface area contributed by atoms with Gasteiger partial charge in [-0.2, -0.15) is 0 Å². The molecule has 1 aliphatic heterocycles. The Morgan fingerprint density at radius 2 is 1.58 bits per heavy atom. The first-order valence-corrected chi connectivity index (χ1v) is 7.12. The summed E-state index contributed by atoms with van der Waals surface area (Å²) < 4.78 is 0. The number of nitrogens with one attached hydrogen (secondary N) is 1. The summed E-state index contributed by atoms with van der Waals surface area (Å²) in [6.45, 7) is 13.6. The molecule has 4 N–H and O–H groups in total. The molecule has 0 radical (unpaired) electrons. The topological polar surface area (TPSA) is 76.6 Å². The Bertz CT molecular complexity index is 301. The Labute approximate surface area is 117 Å². The van der Waals surface area contributed by atoms with Gasteiger partial charge in [0.15, 0.2) is 0 Å². The highest BCUT2D eigenvalue weighted by molar-refractivity contribution is 5.82. The smallest absolute Gasteiger partial charge is 0.0963 e. The molecule has 0 aliphatic carbocycles. The monoisotopic (exact) mass is 270 g/mol. The minimum atomic E-state index is -0.612. The lowest BCUT2D eigenvalue weighted by Crippen LogP contribution is -2.51. The molecule has 0 spiro atoms. The molecule has 0 unspecified atom stereocenters. The molecule has 1 heterocycles. The Kier molecular flexibility index (Phi) is 5.35. The van der Waals surface area contributed by atoms with Gasteiger partial charge in [-0.25, -0.2) is 0 Å². The first-order valence-electron chi connectivity index (χ1n) is 7.12. The van der Waals surface area contributed by atoms with Gasteiger partial charge in [0.1, 0.15) is 0 Å². The molecule has 0 amide bonds. The van der Waals surface area contributed by atoms with E-state index in [0.29, 0.717) is 0 Å². The van der Waals surface area contributed by atoms with Gasteiger partial charge in [0.2, 0.25) is 0 Å². The van der Waals surface area contributed by atoms with E-state index in [1.165, 1.54) is 0 Å². The number of hydrogen-bond acceptors (Lipinski definition) is 4. The van der Waals surface area contributed by atoms with E-state index in [9.17, 15) is 5.11 Å². The van der Waals surface area contributed by atoms with Crippen molar-refractivity contribution in [1.82, 2.24) is 9.80 Å². The number of hydrogen-bond donors (Lipinski definition) is 3. The third-order valence-electron chi connectivity index (χ3n) is 3.86. The van der Waals surface area contributed by atoms with Crippen molar-refractivity contribution in [3.05, 3.63) is 0 Å². The maximum Gasteiger partial charge on any atom is 0.0963 e. The Morgan fingerprint density at radius 1 is 1.11 bits per heavy atom. The van der Waals surface area contributed by atoms with Crippen LogP contribution in [0.25, 0.3) is 0 Å². The van der Waals surface area contributed by atoms with E-state index in [2.05, 4.69) is 9.80 Å². The fraction of sp³-hybridized carbons (Fsp3) is 0.929. The molecule has 19 heavy (non-hydrogen) atoms. The van der Waals surface area contributed by atoms with E-state index in [1.807, 2.05) is 27.7 Å². The highest BCUT2D eigenvalue weighted by atomic mass is 16.3. The molecule has 1 fully saturated rings. The first kappa shape index (κ1) is 16.4. The number of rotatable bonds is 6. The van der Waals surface area contributed by atoms with Crippen LogP contribution in [-0.2, 0) is 0 Å². The molecule has 0 aromatic heterocycles. The van der Waals surface area contributed by atoms with Crippen molar-refractivity contribution < 1.29 is 5.11 Å². The van der Waals surface area contributed by atoms with Crippen molar-refractivity contribution in [1.29, 1.82) is 5.41 Å². The molecule has 5 nitrogen and oxygen atoms in total. The molecule has 0 saturated carbocycles. The van der Waals surface area contributed by atoms with Gasteiger partial charge in [0, 0.05) is 38.1 Å². The van der Waals surface area contributed by atoms with E-state index in [1.54, 1.807) is 0 Å². The van der Waals surface area contributed by atoms with Gasteiger partial charge in [-0.15, -0.1) is 0 Å². The zero-order valence-electron chi connectivity index (χ0n) is 12.9. The minimum absolute atomic E-state index is 0.204. The quantitative estimate of drug-likeness (QED) is 0.491. The Hall–Kier alpha value is -0.650. The summed E-state index contributed by atoms with van der Waals surface area (Å²) >= 11 is 0. The molecule has 1 aliphatic rings. The van der Waals surface area contributed by atoms with Crippen LogP contribution in [-0.4, -0.2) is 65.6 Å². The van der Waals surface area contributed by atoms with E-state index < -0.39 is 5.60 Å². The van der Waals surface area contributed by atoms with Crippen LogP contribution in [0.5, 0.6) is 0 Å². The van der Waals surface area contributed by atoms with Gasteiger partial charge in [0.05, 0.1) is 11.4 Å². The standard InChI is InChI=1S/C14H30N4O/c1-13(2,12(15)16)5-6-17-7-9-18(10-8-17)11-14(3,4)19/h19H,5-11H2,1-4H3,(H3,15,16). The normalized spacial score (nSPS) is 19.6. The van der Waals surface area contributed by atoms with Crippen molar-refractivity contribution in [3.63, 3.8) is 0 Å². The average molecular weight is 270 g/mol. The zero-order valence-corrected chi connectivity index (χ0v) is 12.9. The van der Waals surface area contributed by atoms with Crippen molar-refractivity contribution in [2.45, 2.75) is 39.7 Å². The van der Waals surface area contributed by atoms with E-state index in [4.69, 9.17) is 11.1 Å². The van der Waals surface area contributed by atoms with Gasteiger partial charge in [-0.05, 0) is 26.8 Å². The van der Waals surface area contributed by atoms with Crippen LogP contribution < -0.4 is 5.73 Å². The largest absolute Gasteiger partial charge is 0.389 e. The summed E-state index contributed by atoms with van der Waals surface area (Å²) in [5.41, 5.74) is 4.79. The number of nitrogens with two attached hydrogens (primary N) is 1. The second-order valence-electron chi connectivity index (χ2n) is 6.98. The Morgan fingerprint density at radius 3 is 2.00 bits per heavy atom. The average Bonchev–Trinajstić information content (AvgIpc) is 2.26. The van der Waals surface area contributed by atoms with Crippen LogP contribution in [0.15, 0.2) is 0 Å². The number of piperazine rings is 1. The van der Waals surface area contributed by atoms with Crippen molar-refractivity contribution >= 4 is 5.84 Å². The third-order valence-corrected chi connectivity index (χ3v) is 3.86. The van der Waals surface area contributed by atoms with Crippen LogP contribution in [0.4, 0.5) is 0 Å². The molecule has 112 valence electrons. The van der Waals surface area contributed by atoms with Gasteiger partial charge in [0.25, 0.3) is 0 Å². The molecule has 5 heteroatoms. The lowest BCUT2D eigenvalue weighted by Gasteiger charge is -2.38. The number of β-amino-alcohol motifs (C(OH)–C–C–N with tert-alkyl or cyclic N) is 1. The van der Waals surface area contributed by atoms with E-state index in [0.717, 1.165) is 45.7 Å².